The Morgan fingerprint density at radius 2 is 2.05 bits per heavy atom. The van der Waals surface area contributed by atoms with Gasteiger partial charge in [0.2, 0.25) is 5.91 Å². The van der Waals surface area contributed by atoms with Gasteiger partial charge in [0.05, 0.1) is 0 Å². The molecule has 1 aromatic carbocycles. The van der Waals surface area contributed by atoms with E-state index in [4.69, 9.17) is 9.47 Å². The monoisotopic (exact) mass is 277 g/mol. The Balaban J connectivity index is 1.91. The highest BCUT2D eigenvalue weighted by molar-refractivity contribution is 5.76. The molecule has 1 N–H and O–H groups in total. The van der Waals surface area contributed by atoms with Crippen molar-refractivity contribution in [2.75, 3.05) is 19.8 Å². The summed E-state index contributed by atoms with van der Waals surface area (Å²) in [6.45, 7) is 6.13. The quantitative estimate of drug-likeness (QED) is 0.813. The number of nitrogens with one attached hydrogen (secondary N) is 1. The van der Waals surface area contributed by atoms with Gasteiger partial charge >= 0.3 is 0 Å². The van der Waals surface area contributed by atoms with Gasteiger partial charge in [0.1, 0.15) is 13.2 Å². The average Bonchev–Trinajstić information content (AvgIpc) is 2.47. The topological polar surface area (TPSA) is 47.6 Å². The Labute approximate surface area is 120 Å². The summed E-state index contributed by atoms with van der Waals surface area (Å²) in [4.78, 5) is 11.8. The van der Waals surface area contributed by atoms with Crippen LogP contribution in [0.5, 0.6) is 11.5 Å². The zero-order chi connectivity index (χ0) is 14.4. The van der Waals surface area contributed by atoms with Gasteiger partial charge in [0.25, 0.3) is 0 Å². The van der Waals surface area contributed by atoms with E-state index in [2.05, 4.69) is 19.2 Å². The van der Waals surface area contributed by atoms with E-state index >= 15 is 0 Å². The summed E-state index contributed by atoms with van der Waals surface area (Å²) in [5, 5.41) is 2.95. The number of hydrogen-bond acceptors (Lipinski definition) is 3. The van der Waals surface area contributed by atoms with Crippen molar-refractivity contribution in [3.63, 3.8) is 0 Å². The van der Waals surface area contributed by atoms with Crippen LogP contribution in [-0.4, -0.2) is 25.7 Å². The van der Waals surface area contributed by atoms with Crippen LogP contribution in [0, 0.1) is 0 Å². The Morgan fingerprint density at radius 3 is 2.80 bits per heavy atom. The SMILES string of the molecule is CCCCNC(=O)CC(C)c1ccc2c(c1)OCCO2. The highest BCUT2D eigenvalue weighted by atomic mass is 16.6. The molecule has 1 amide bonds. The van der Waals surface area contributed by atoms with Gasteiger partial charge in [-0.25, -0.2) is 0 Å². The Kier molecular flexibility index (Phi) is 5.27. The first-order chi connectivity index (χ1) is 9.70. The Hall–Kier alpha value is -1.71. The minimum atomic E-state index is 0.112. The van der Waals surface area contributed by atoms with E-state index in [1.807, 2.05) is 18.2 Å². The fraction of sp³-hybridized carbons (Fsp3) is 0.562. The van der Waals surface area contributed by atoms with Crippen LogP contribution in [0.15, 0.2) is 18.2 Å². The van der Waals surface area contributed by atoms with Gasteiger partial charge in [-0.3, -0.25) is 4.79 Å². The highest BCUT2D eigenvalue weighted by Gasteiger charge is 2.16. The van der Waals surface area contributed by atoms with E-state index < -0.39 is 0 Å². The third-order valence-corrected chi connectivity index (χ3v) is 3.48. The molecule has 0 aliphatic carbocycles. The first kappa shape index (κ1) is 14.7. The van der Waals surface area contributed by atoms with Gasteiger partial charge in [-0.1, -0.05) is 26.3 Å². The maximum absolute atomic E-state index is 11.8. The van der Waals surface area contributed by atoms with Crippen LogP contribution in [0.1, 0.15) is 44.6 Å². The molecule has 0 saturated carbocycles. The molecule has 20 heavy (non-hydrogen) atoms. The summed E-state index contributed by atoms with van der Waals surface area (Å²) in [6, 6.07) is 5.92. The van der Waals surface area contributed by atoms with E-state index in [0.717, 1.165) is 36.4 Å². The van der Waals surface area contributed by atoms with Crippen LogP contribution >= 0.6 is 0 Å². The predicted molar refractivity (Wildman–Crippen MR) is 78.4 cm³/mol. The number of benzene rings is 1. The zero-order valence-electron chi connectivity index (χ0n) is 12.3. The number of amides is 1. The van der Waals surface area contributed by atoms with Gasteiger partial charge in [-0.2, -0.15) is 0 Å². The maximum Gasteiger partial charge on any atom is 0.220 e. The molecule has 0 radical (unpaired) electrons. The maximum atomic E-state index is 11.8. The lowest BCUT2D eigenvalue weighted by atomic mass is 9.97. The molecule has 0 saturated heterocycles. The number of rotatable bonds is 6. The number of carbonyl (C=O) groups is 1. The van der Waals surface area contributed by atoms with Gasteiger partial charge in [-0.15, -0.1) is 0 Å². The molecule has 1 aliphatic rings. The van der Waals surface area contributed by atoms with Crippen molar-refractivity contribution in [2.24, 2.45) is 0 Å². The first-order valence-corrected chi connectivity index (χ1v) is 7.37. The third-order valence-electron chi connectivity index (χ3n) is 3.48. The molecule has 1 unspecified atom stereocenters. The lowest BCUT2D eigenvalue weighted by Crippen LogP contribution is -2.25. The molecular weight excluding hydrogens is 254 g/mol. The van der Waals surface area contributed by atoms with Crippen molar-refractivity contribution >= 4 is 5.91 Å². The van der Waals surface area contributed by atoms with E-state index in [-0.39, 0.29) is 11.8 Å². The lowest BCUT2D eigenvalue weighted by molar-refractivity contribution is -0.121. The fourth-order valence-corrected chi connectivity index (χ4v) is 2.24. The summed E-state index contributed by atoms with van der Waals surface area (Å²) in [5.74, 6) is 1.86. The molecule has 4 heteroatoms. The fourth-order valence-electron chi connectivity index (χ4n) is 2.24. The number of ether oxygens (including phenoxy) is 2. The normalized spacial score (nSPS) is 14.7. The molecule has 1 atom stereocenters. The Morgan fingerprint density at radius 1 is 1.30 bits per heavy atom. The van der Waals surface area contributed by atoms with E-state index in [0.29, 0.717) is 19.6 Å². The van der Waals surface area contributed by atoms with Crippen LogP contribution in [0.25, 0.3) is 0 Å². The molecule has 2 rings (SSSR count). The van der Waals surface area contributed by atoms with Gasteiger partial charge in [0.15, 0.2) is 11.5 Å². The van der Waals surface area contributed by atoms with Gasteiger partial charge in [0, 0.05) is 13.0 Å². The average molecular weight is 277 g/mol. The second-order valence-corrected chi connectivity index (χ2v) is 5.21. The highest BCUT2D eigenvalue weighted by Crippen LogP contribution is 2.33. The molecule has 1 aromatic rings. The zero-order valence-corrected chi connectivity index (χ0v) is 12.3. The summed E-state index contributed by atoms with van der Waals surface area (Å²) in [7, 11) is 0. The second kappa shape index (κ2) is 7.17. The van der Waals surface area contributed by atoms with Crippen molar-refractivity contribution < 1.29 is 14.3 Å². The van der Waals surface area contributed by atoms with E-state index in [9.17, 15) is 4.79 Å². The molecule has 4 nitrogen and oxygen atoms in total. The molecule has 110 valence electrons. The molecular formula is C16H23NO3. The standard InChI is InChI=1S/C16H23NO3/c1-3-4-7-17-16(18)10-12(2)13-5-6-14-15(11-13)20-9-8-19-14/h5-6,11-12H,3-4,7-10H2,1-2H3,(H,17,18). The van der Waals surface area contributed by atoms with Crippen molar-refractivity contribution in [1.29, 1.82) is 0 Å². The first-order valence-electron chi connectivity index (χ1n) is 7.37. The van der Waals surface area contributed by atoms with E-state index in [1.54, 1.807) is 0 Å². The number of hydrogen-bond donors (Lipinski definition) is 1. The molecule has 0 aromatic heterocycles. The third kappa shape index (κ3) is 3.89. The van der Waals surface area contributed by atoms with Gasteiger partial charge in [-0.05, 0) is 30.0 Å². The van der Waals surface area contributed by atoms with Crippen LogP contribution in [0.3, 0.4) is 0 Å². The summed E-state index contributed by atoms with van der Waals surface area (Å²) >= 11 is 0. The second-order valence-electron chi connectivity index (χ2n) is 5.21. The molecule has 0 bridgehead atoms. The van der Waals surface area contributed by atoms with Crippen LogP contribution in [0.4, 0.5) is 0 Å². The minimum Gasteiger partial charge on any atom is -0.486 e. The molecule has 0 fully saturated rings. The van der Waals surface area contributed by atoms with Gasteiger partial charge < -0.3 is 14.8 Å². The Bertz CT molecular complexity index is 459. The summed E-state index contributed by atoms with van der Waals surface area (Å²) in [6.07, 6.45) is 2.63. The van der Waals surface area contributed by atoms with Crippen LogP contribution in [-0.2, 0) is 4.79 Å². The lowest BCUT2D eigenvalue weighted by Gasteiger charge is -2.20. The van der Waals surface area contributed by atoms with Crippen molar-refractivity contribution in [3.05, 3.63) is 23.8 Å². The largest absolute Gasteiger partial charge is 0.486 e. The van der Waals surface area contributed by atoms with Crippen LogP contribution < -0.4 is 14.8 Å². The molecule has 0 spiro atoms. The minimum absolute atomic E-state index is 0.112. The smallest absolute Gasteiger partial charge is 0.220 e. The molecule has 1 heterocycles. The number of fused-ring (bicyclic) bond motifs is 1. The number of carbonyl (C=O) groups excluding carboxylic acids is 1. The summed E-state index contributed by atoms with van der Waals surface area (Å²) in [5.41, 5.74) is 1.11. The molecule has 1 aliphatic heterocycles. The van der Waals surface area contributed by atoms with Crippen LogP contribution in [0.2, 0.25) is 0 Å². The predicted octanol–water partition coefficient (Wildman–Crippen LogP) is 2.87. The van der Waals surface area contributed by atoms with Crippen molar-refractivity contribution in [1.82, 2.24) is 5.32 Å². The van der Waals surface area contributed by atoms with Crippen molar-refractivity contribution in [2.45, 2.75) is 39.0 Å². The van der Waals surface area contributed by atoms with E-state index in [1.165, 1.54) is 0 Å². The van der Waals surface area contributed by atoms with Crippen molar-refractivity contribution in [3.8, 4) is 11.5 Å². The number of unbranched alkanes of at least 4 members (excludes halogenated alkanes) is 1. The summed E-state index contributed by atoms with van der Waals surface area (Å²) < 4.78 is 11.1.